The Morgan fingerprint density at radius 3 is 2.19 bits per heavy atom. The first-order valence-corrected chi connectivity index (χ1v) is 9.09. The van der Waals surface area contributed by atoms with Gasteiger partial charge in [-0.05, 0) is 42.3 Å². The van der Waals surface area contributed by atoms with Crippen LogP contribution in [0, 0.1) is 11.8 Å². The standard InChI is InChI=1S/C22H17NO4/c1-11(24)12-6-8-13(9-7-12)23-21(26)19-16-10-17(25)18(20(19)22(23)27)15-5-3-2-4-14(15)16/h2-9,16,18-20H,10H2,1H3/t16-,18-,19+,20-/m0/s1. The van der Waals surface area contributed by atoms with Crippen LogP contribution < -0.4 is 4.90 Å². The van der Waals surface area contributed by atoms with Crippen LogP contribution in [0.3, 0.4) is 0 Å². The van der Waals surface area contributed by atoms with Crippen molar-refractivity contribution in [1.82, 2.24) is 0 Å². The molecule has 1 saturated heterocycles. The summed E-state index contributed by atoms with van der Waals surface area (Å²) in [6, 6.07) is 14.2. The minimum absolute atomic E-state index is 0.0508. The monoisotopic (exact) mass is 359 g/mol. The summed E-state index contributed by atoms with van der Waals surface area (Å²) < 4.78 is 0. The van der Waals surface area contributed by atoms with E-state index in [2.05, 4.69) is 0 Å². The Kier molecular flexibility index (Phi) is 3.26. The van der Waals surface area contributed by atoms with Gasteiger partial charge in [0, 0.05) is 17.9 Å². The molecule has 134 valence electrons. The summed E-state index contributed by atoms with van der Waals surface area (Å²) in [5.41, 5.74) is 2.91. The van der Waals surface area contributed by atoms with Crippen LogP contribution in [0.5, 0.6) is 0 Å². The number of imide groups is 1. The number of benzene rings is 2. The first-order valence-electron chi connectivity index (χ1n) is 9.09. The lowest BCUT2D eigenvalue weighted by Crippen LogP contribution is -2.44. The van der Waals surface area contributed by atoms with E-state index in [-0.39, 0.29) is 29.3 Å². The molecule has 5 heteroatoms. The number of amides is 2. The maximum Gasteiger partial charge on any atom is 0.238 e. The Bertz CT molecular complexity index is 1020. The molecule has 0 N–H and O–H groups in total. The number of fused-ring (bicyclic) bond motifs is 1. The van der Waals surface area contributed by atoms with Gasteiger partial charge in [0.05, 0.1) is 23.4 Å². The molecule has 2 amide bonds. The third-order valence-corrected chi connectivity index (χ3v) is 6.22. The number of hydrogen-bond donors (Lipinski definition) is 0. The van der Waals surface area contributed by atoms with Crippen molar-refractivity contribution in [2.45, 2.75) is 25.2 Å². The minimum atomic E-state index is -0.619. The molecule has 0 unspecified atom stereocenters. The predicted molar refractivity (Wildman–Crippen MR) is 97.5 cm³/mol. The molecular weight excluding hydrogens is 342 g/mol. The second kappa shape index (κ2) is 5.46. The SMILES string of the molecule is CC(=O)c1ccc(N2C(=O)[C@@H]3[C@H](C2=O)[C@H]2CC(=O)[C@@H]3c3ccccc32)cc1. The smallest absolute Gasteiger partial charge is 0.238 e. The Morgan fingerprint density at radius 1 is 0.889 bits per heavy atom. The topological polar surface area (TPSA) is 71.5 Å². The van der Waals surface area contributed by atoms with Gasteiger partial charge in [-0.2, -0.15) is 0 Å². The first-order chi connectivity index (χ1) is 13.0. The van der Waals surface area contributed by atoms with Crippen LogP contribution in [0.2, 0.25) is 0 Å². The van der Waals surface area contributed by atoms with Gasteiger partial charge in [0.15, 0.2) is 5.78 Å². The van der Waals surface area contributed by atoms with Crippen LogP contribution in [0.4, 0.5) is 5.69 Å². The fraction of sp³-hybridized carbons (Fsp3) is 0.273. The zero-order chi connectivity index (χ0) is 18.9. The molecule has 3 aliphatic carbocycles. The van der Waals surface area contributed by atoms with E-state index in [4.69, 9.17) is 0 Å². The van der Waals surface area contributed by atoms with Crippen LogP contribution >= 0.6 is 0 Å². The molecule has 2 bridgehead atoms. The van der Waals surface area contributed by atoms with E-state index in [0.717, 1.165) is 11.1 Å². The lowest BCUT2D eigenvalue weighted by molar-refractivity contribution is -0.134. The molecule has 1 saturated carbocycles. The Balaban J connectivity index is 1.59. The second-order valence-electron chi connectivity index (χ2n) is 7.55. The maximum absolute atomic E-state index is 13.2. The molecule has 0 aromatic heterocycles. The second-order valence-corrected chi connectivity index (χ2v) is 7.55. The number of rotatable bonds is 2. The van der Waals surface area contributed by atoms with Gasteiger partial charge in [-0.1, -0.05) is 24.3 Å². The molecular formula is C22H17NO4. The van der Waals surface area contributed by atoms with Gasteiger partial charge in [0.2, 0.25) is 11.8 Å². The number of Topliss-reactive ketones (excluding diaryl/α,β-unsaturated/α-hetero) is 2. The van der Waals surface area contributed by atoms with Crippen molar-refractivity contribution in [3.8, 4) is 0 Å². The summed E-state index contributed by atoms with van der Waals surface area (Å²) in [5, 5.41) is 0. The average Bonchev–Trinajstić information content (AvgIpc) is 2.94. The van der Waals surface area contributed by atoms with Gasteiger partial charge in [-0.15, -0.1) is 0 Å². The van der Waals surface area contributed by atoms with Crippen LogP contribution in [-0.2, 0) is 14.4 Å². The zero-order valence-electron chi connectivity index (χ0n) is 14.7. The maximum atomic E-state index is 13.2. The lowest BCUT2D eigenvalue weighted by atomic mass is 9.56. The van der Waals surface area contributed by atoms with E-state index in [1.165, 1.54) is 11.8 Å². The van der Waals surface area contributed by atoms with E-state index in [1.54, 1.807) is 24.3 Å². The summed E-state index contributed by atoms with van der Waals surface area (Å²) in [4.78, 5) is 51.8. The predicted octanol–water partition coefficient (Wildman–Crippen LogP) is 2.85. The van der Waals surface area contributed by atoms with Crippen LogP contribution in [0.15, 0.2) is 48.5 Å². The van der Waals surface area contributed by atoms with Crippen molar-refractivity contribution in [1.29, 1.82) is 0 Å². The normalized spacial score (nSPS) is 28.3. The zero-order valence-corrected chi connectivity index (χ0v) is 14.7. The minimum Gasteiger partial charge on any atom is -0.299 e. The summed E-state index contributed by atoms with van der Waals surface area (Å²) >= 11 is 0. The third-order valence-electron chi connectivity index (χ3n) is 6.22. The first kappa shape index (κ1) is 16.1. The molecule has 4 atom stereocenters. The molecule has 27 heavy (non-hydrogen) atoms. The highest BCUT2D eigenvalue weighted by molar-refractivity contribution is 6.24. The number of anilines is 1. The summed E-state index contributed by atoms with van der Waals surface area (Å²) in [5.74, 6) is -2.44. The van der Waals surface area contributed by atoms with Crippen molar-refractivity contribution in [2.75, 3.05) is 4.90 Å². The van der Waals surface area contributed by atoms with Crippen molar-refractivity contribution >= 4 is 29.1 Å². The van der Waals surface area contributed by atoms with Gasteiger partial charge in [0.1, 0.15) is 5.78 Å². The molecule has 0 spiro atoms. The van der Waals surface area contributed by atoms with E-state index in [9.17, 15) is 19.2 Å². The molecule has 2 aromatic carbocycles. The highest BCUT2D eigenvalue weighted by atomic mass is 16.2. The molecule has 6 rings (SSSR count). The summed E-state index contributed by atoms with van der Waals surface area (Å²) in [6.07, 6.45) is 0.318. The van der Waals surface area contributed by atoms with E-state index < -0.39 is 17.8 Å². The average molecular weight is 359 g/mol. The number of ketones is 2. The van der Waals surface area contributed by atoms with Gasteiger partial charge < -0.3 is 0 Å². The van der Waals surface area contributed by atoms with Crippen LogP contribution in [0.25, 0.3) is 0 Å². The fourth-order valence-corrected chi connectivity index (χ4v) is 5.06. The van der Waals surface area contributed by atoms with Crippen LogP contribution in [-0.4, -0.2) is 23.4 Å². The van der Waals surface area contributed by atoms with Crippen molar-refractivity contribution in [3.05, 3.63) is 65.2 Å². The largest absolute Gasteiger partial charge is 0.299 e. The molecule has 1 heterocycles. The quantitative estimate of drug-likeness (QED) is 0.611. The number of hydrogen-bond acceptors (Lipinski definition) is 4. The molecule has 1 aliphatic heterocycles. The molecule has 4 aliphatic rings. The number of nitrogens with zero attached hydrogens (tertiary/aromatic N) is 1. The Morgan fingerprint density at radius 2 is 1.52 bits per heavy atom. The van der Waals surface area contributed by atoms with E-state index in [1.807, 2.05) is 24.3 Å². The molecule has 2 fully saturated rings. The Hall–Kier alpha value is -3.08. The van der Waals surface area contributed by atoms with Gasteiger partial charge >= 0.3 is 0 Å². The Labute approximate surface area is 156 Å². The van der Waals surface area contributed by atoms with Crippen molar-refractivity contribution in [3.63, 3.8) is 0 Å². The number of carbonyl (C=O) groups is 4. The van der Waals surface area contributed by atoms with E-state index in [0.29, 0.717) is 17.7 Å². The van der Waals surface area contributed by atoms with Crippen molar-refractivity contribution in [2.24, 2.45) is 11.8 Å². The van der Waals surface area contributed by atoms with E-state index >= 15 is 0 Å². The molecule has 0 radical (unpaired) electrons. The molecule has 2 aromatic rings. The van der Waals surface area contributed by atoms with Gasteiger partial charge in [-0.25, -0.2) is 0 Å². The summed E-state index contributed by atoms with van der Waals surface area (Å²) in [6.45, 7) is 1.47. The highest BCUT2D eigenvalue weighted by Gasteiger charge is 2.62. The number of carbonyl (C=O) groups excluding carboxylic acids is 4. The third kappa shape index (κ3) is 2.05. The lowest BCUT2D eigenvalue weighted by Gasteiger charge is -2.43. The summed E-state index contributed by atoms with van der Waals surface area (Å²) in [7, 11) is 0. The highest BCUT2D eigenvalue weighted by Crippen LogP contribution is 2.57. The molecule has 5 nitrogen and oxygen atoms in total. The van der Waals surface area contributed by atoms with Gasteiger partial charge in [0.25, 0.3) is 0 Å². The van der Waals surface area contributed by atoms with Crippen LogP contribution in [0.1, 0.15) is 46.7 Å². The van der Waals surface area contributed by atoms with Gasteiger partial charge in [-0.3, -0.25) is 24.1 Å². The van der Waals surface area contributed by atoms with Crippen molar-refractivity contribution < 1.29 is 19.2 Å². The fourth-order valence-electron chi connectivity index (χ4n) is 5.06.